The van der Waals surface area contributed by atoms with Gasteiger partial charge >= 0.3 is 5.97 Å². The molecule has 102 valence electrons. The molecule has 1 aromatic carbocycles. The molecule has 0 atom stereocenters. The van der Waals surface area contributed by atoms with Crippen LogP contribution in [0.2, 0.25) is 5.02 Å². The molecule has 1 aliphatic rings. The minimum absolute atomic E-state index is 0.0595. The van der Waals surface area contributed by atoms with E-state index in [1.807, 2.05) is 6.92 Å². The molecule has 0 saturated heterocycles. The van der Waals surface area contributed by atoms with Gasteiger partial charge in [-0.1, -0.05) is 18.5 Å². The largest absolute Gasteiger partial charge is 0.489 e. The Bertz CT molecular complexity index is 538. The molecule has 0 fully saturated rings. The van der Waals surface area contributed by atoms with Crippen molar-refractivity contribution in [2.45, 2.75) is 19.8 Å². The number of carboxylic acids is 1. The summed E-state index contributed by atoms with van der Waals surface area (Å²) in [4.78, 5) is 22.5. The molecule has 1 aliphatic heterocycles. The highest BCUT2D eigenvalue weighted by atomic mass is 35.5. The Balaban J connectivity index is 2.63. The maximum atomic E-state index is 11.7. The average Bonchev–Trinajstić information content (AvgIpc) is 2.63. The normalized spacial score (nSPS) is 13.8. The van der Waals surface area contributed by atoms with Gasteiger partial charge in [0.1, 0.15) is 0 Å². The lowest BCUT2D eigenvalue weighted by molar-refractivity contribution is -0.131. The number of carbonyl (C=O) groups excluding carboxylic acids is 1. The number of benzene rings is 1. The summed E-state index contributed by atoms with van der Waals surface area (Å²) < 4.78 is 11.1. The van der Waals surface area contributed by atoms with E-state index in [9.17, 15) is 9.59 Å². The van der Waals surface area contributed by atoms with Crippen molar-refractivity contribution in [3.8, 4) is 11.5 Å². The van der Waals surface area contributed by atoms with Gasteiger partial charge in [0.15, 0.2) is 11.5 Å². The van der Waals surface area contributed by atoms with Gasteiger partial charge in [0.05, 0.1) is 18.2 Å². The van der Waals surface area contributed by atoms with Crippen LogP contribution in [0.15, 0.2) is 6.07 Å². The Kier molecular flexibility index (Phi) is 3.95. The van der Waals surface area contributed by atoms with Crippen LogP contribution >= 0.6 is 11.6 Å². The van der Waals surface area contributed by atoms with Gasteiger partial charge in [-0.2, -0.15) is 0 Å². The quantitative estimate of drug-likeness (QED) is 0.681. The minimum atomic E-state index is -1.51. The second-order valence-corrected chi connectivity index (χ2v) is 4.49. The van der Waals surface area contributed by atoms with Crippen LogP contribution in [0.3, 0.4) is 0 Å². The molecule has 0 radical (unpaired) electrons. The van der Waals surface area contributed by atoms with Crippen LogP contribution < -0.4 is 9.47 Å². The highest BCUT2D eigenvalue weighted by molar-refractivity contribution is 6.41. The first-order valence-corrected chi connectivity index (χ1v) is 6.32. The zero-order chi connectivity index (χ0) is 14.0. The third-order valence-corrected chi connectivity index (χ3v) is 3.15. The molecule has 19 heavy (non-hydrogen) atoms. The second-order valence-electron chi connectivity index (χ2n) is 4.08. The average molecular weight is 285 g/mol. The van der Waals surface area contributed by atoms with Gasteiger partial charge in [-0.25, -0.2) is 4.79 Å². The van der Waals surface area contributed by atoms with Gasteiger partial charge in [-0.05, 0) is 12.5 Å². The van der Waals surface area contributed by atoms with Crippen molar-refractivity contribution in [1.29, 1.82) is 0 Å². The van der Waals surface area contributed by atoms with Crippen LogP contribution in [0.5, 0.6) is 11.5 Å². The van der Waals surface area contributed by atoms with Crippen LogP contribution in [-0.4, -0.2) is 30.1 Å². The molecular formula is C13H13ClO5. The van der Waals surface area contributed by atoms with Crippen molar-refractivity contribution >= 4 is 23.4 Å². The van der Waals surface area contributed by atoms with Crippen molar-refractivity contribution < 1.29 is 24.2 Å². The molecule has 0 bridgehead atoms. The van der Waals surface area contributed by atoms with E-state index >= 15 is 0 Å². The van der Waals surface area contributed by atoms with Gasteiger partial charge < -0.3 is 14.6 Å². The molecule has 0 aliphatic carbocycles. The third kappa shape index (κ3) is 2.51. The number of Topliss-reactive ketones (excluding diaryl/α,β-unsaturated/α-hetero) is 1. The number of fused-ring (bicyclic) bond motifs is 1. The zero-order valence-corrected chi connectivity index (χ0v) is 11.1. The molecule has 0 spiro atoms. The first-order chi connectivity index (χ1) is 9.06. The van der Waals surface area contributed by atoms with Crippen LogP contribution in [-0.2, 0) is 11.2 Å². The number of halogens is 1. The third-order valence-electron chi connectivity index (χ3n) is 2.87. The lowest BCUT2D eigenvalue weighted by atomic mass is 9.99. The molecule has 0 aromatic heterocycles. The predicted octanol–water partition coefficient (Wildman–Crippen LogP) is 2.33. The Morgan fingerprint density at radius 2 is 1.95 bits per heavy atom. The summed E-state index contributed by atoms with van der Waals surface area (Å²) in [7, 11) is 0. The lowest BCUT2D eigenvalue weighted by Gasteiger charge is -2.15. The topological polar surface area (TPSA) is 72.8 Å². The molecule has 0 amide bonds. The Morgan fingerprint density at radius 1 is 1.32 bits per heavy atom. The second kappa shape index (κ2) is 5.48. The summed E-state index contributed by atoms with van der Waals surface area (Å²) >= 11 is 6.05. The van der Waals surface area contributed by atoms with Gasteiger partial charge in [-0.15, -0.1) is 0 Å². The smallest absolute Gasteiger partial charge is 0.377 e. The summed E-state index contributed by atoms with van der Waals surface area (Å²) in [6, 6.07) is 1.34. The van der Waals surface area contributed by atoms with E-state index in [1.54, 1.807) is 0 Å². The number of ether oxygens (including phenoxy) is 2. The van der Waals surface area contributed by atoms with E-state index in [4.69, 9.17) is 26.2 Å². The van der Waals surface area contributed by atoms with Gasteiger partial charge in [-0.3, -0.25) is 4.79 Å². The number of hydrogen-bond acceptors (Lipinski definition) is 4. The SMILES string of the molecule is CCc1c(C(=O)C(=O)O)cc(Cl)c2c1OCCCO2. The van der Waals surface area contributed by atoms with E-state index in [2.05, 4.69) is 0 Å². The molecule has 1 heterocycles. The molecule has 6 heteroatoms. The van der Waals surface area contributed by atoms with Gasteiger partial charge in [0.25, 0.3) is 5.78 Å². The minimum Gasteiger partial charge on any atom is -0.489 e. The number of ketones is 1. The summed E-state index contributed by atoms with van der Waals surface area (Å²) in [5, 5.41) is 9.03. The molecule has 1 N–H and O–H groups in total. The summed E-state index contributed by atoms with van der Waals surface area (Å²) in [5.74, 6) is -1.73. The fourth-order valence-corrected chi connectivity index (χ4v) is 2.26. The number of rotatable bonds is 3. The van der Waals surface area contributed by atoms with E-state index in [0.717, 1.165) is 0 Å². The summed E-state index contributed by atoms with van der Waals surface area (Å²) in [5.41, 5.74) is 0.581. The molecule has 0 unspecified atom stereocenters. The van der Waals surface area contributed by atoms with Crippen LogP contribution in [0.1, 0.15) is 29.3 Å². The van der Waals surface area contributed by atoms with E-state index in [1.165, 1.54) is 6.07 Å². The van der Waals surface area contributed by atoms with Gasteiger partial charge in [0.2, 0.25) is 0 Å². The van der Waals surface area contributed by atoms with Crippen molar-refractivity contribution in [3.63, 3.8) is 0 Å². The van der Waals surface area contributed by atoms with Gasteiger partial charge in [0, 0.05) is 17.5 Å². The van der Waals surface area contributed by atoms with E-state index < -0.39 is 11.8 Å². The lowest BCUT2D eigenvalue weighted by Crippen LogP contribution is -2.16. The van der Waals surface area contributed by atoms with E-state index in [-0.39, 0.29) is 10.6 Å². The van der Waals surface area contributed by atoms with E-state index in [0.29, 0.717) is 43.1 Å². The predicted molar refractivity (Wildman–Crippen MR) is 68.4 cm³/mol. The van der Waals surface area contributed by atoms with Crippen LogP contribution in [0.25, 0.3) is 0 Å². The fourth-order valence-electron chi connectivity index (χ4n) is 2.01. The standard InChI is InChI=1S/C13H13ClO5/c1-2-7-8(10(15)13(16)17)6-9(14)12-11(7)18-4-3-5-19-12/h6H,2-5H2,1H3,(H,16,17). The first-order valence-electron chi connectivity index (χ1n) is 5.94. The number of aliphatic carboxylic acids is 1. The maximum Gasteiger partial charge on any atom is 0.377 e. The summed E-state index contributed by atoms with van der Waals surface area (Å²) in [6.07, 6.45) is 1.16. The zero-order valence-electron chi connectivity index (χ0n) is 10.4. The highest BCUT2D eigenvalue weighted by Crippen LogP contribution is 2.42. The maximum absolute atomic E-state index is 11.7. The number of carboxylic acid groups (broad SMARTS) is 1. The molecule has 2 rings (SSSR count). The monoisotopic (exact) mass is 284 g/mol. The molecule has 5 nitrogen and oxygen atoms in total. The fraction of sp³-hybridized carbons (Fsp3) is 0.385. The Morgan fingerprint density at radius 3 is 2.53 bits per heavy atom. The first kappa shape index (κ1) is 13.7. The molecular weight excluding hydrogens is 272 g/mol. The Labute approximate surface area is 115 Å². The van der Waals surface area contributed by atoms with Crippen molar-refractivity contribution in [3.05, 3.63) is 22.2 Å². The molecule has 1 aromatic rings. The van der Waals surface area contributed by atoms with Crippen molar-refractivity contribution in [2.24, 2.45) is 0 Å². The van der Waals surface area contributed by atoms with Crippen LogP contribution in [0.4, 0.5) is 0 Å². The number of carbonyl (C=O) groups is 2. The molecule has 0 saturated carbocycles. The Hall–Kier alpha value is -1.75. The number of hydrogen-bond donors (Lipinski definition) is 1. The highest BCUT2D eigenvalue weighted by Gasteiger charge is 2.26. The van der Waals surface area contributed by atoms with Crippen LogP contribution in [0, 0.1) is 0 Å². The van der Waals surface area contributed by atoms with Crippen molar-refractivity contribution in [2.75, 3.05) is 13.2 Å². The van der Waals surface area contributed by atoms with Crippen molar-refractivity contribution in [1.82, 2.24) is 0 Å². The summed E-state index contributed by atoms with van der Waals surface area (Å²) in [6.45, 7) is 2.74.